The fraction of sp³-hybridized carbons (Fsp3) is 0.421. The van der Waals surface area contributed by atoms with Gasteiger partial charge in [0.1, 0.15) is 16.9 Å². The smallest absolute Gasteiger partial charge is 0.256 e. The van der Waals surface area contributed by atoms with E-state index in [0.717, 1.165) is 50.3 Å². The maximum Gasteiger partial charge on any atom is 0.256 e. The zero-order valence-electron chi connectivity index (χ0n) is 15.4. The van der Waals surface area contributed by atoms with Crippen molar-refractivity contribution in [3.05, 3.63) is 42.6 Å². The third kappa shape index (κ3) is 3.41. The Morgan fingerprint density at radius 1 is 1.26 bits per heavy atom. The second-order valence-electron chi connectivity index (χ2n) is 7.09. The van der Waals surface area contributed by atoms with Gasteiger partial charge < -0.3 is 15.4 Å². The predicted molar refractivity (Wildman–Crippen MR) is 116 cm³/mol. The van der Waals surface area contributed by atoms with E-state index in [4.69, 9.17) is 4.74 Å². The molecule has 2 N–H and O–H groups in total. The van der Waals surface area contributed by atoms with Crippen LogP contribution >= 0.6 is 43.2 Å². The van der Waals surface area contributed by atoms with Crippen LogP contribution in [0.5, 0.6) is 5.75 Å². The summed E-state index contributed by atoms with van der Waals surface area (Å²) in [7, 11) is 1.63. The number of nitrogens with zero attached hydrogens (tertiary/aromatic N) is 1. The molecule has 4 rings (SSSR count). The molecule has 2 aromatic rings. The molecule has 0 bridgehead atoms. The molecule has 1 aromatic heterocycles. The molecule has 2 aliphatic rings. The van der Waals surface area contributed by atoms with Gasteiger partial charge in [-0.1, -0.05) is 0 Å². The summed E-state index contributed by atoms with van der Waals surface area (Å²) in [5.41, 5.74) is 3.01. The van der Waals surface area contributed by atoms with E-state index >= 15 is 0 Å². The van der Waals surface area contributed by atoms with Crippen molar-refractivity contribution in [2.45, 2.75) is 39.0 Å². The third-order valence-electron chi connectivity index (χ3n) is 5.15. The van der Waals surface area contributed by atoms with Crippen LogP contribution in [0.4, 0.5) is 5.00 Å². The van der Waals surface area contributed by atoms with Crippen LogP contribution in [0.1, 0.15) is 46.4 Å². The van der Waals surface area contributed by atoms with Crippen molar-refractivity contribution in [1.29, 1.82) is 0 Å². The number of amides is 1. The minimum absolute atomic E-state index is 0.00677. The minimum atomic E-state index is -0.273. The number of anilines is 1. The molecule has 1 aromatic carbocycles. The van der Waals surface area contributed by atoms with E-state index in [0.29, 0.717) is 6.04 Å². The van der Waals surface area contributed by atoms with Gasteiger partial charge in [0.15, 0.2) is 0 Å². The summed E-state index contributed by atoms with van der Waals surface area (Å²) >= 11 is 8.79. The standard InChI is InChI=1S/C19H21Br2N3O2S/c1-9(2)24-5-4-11-14(8-24)27-19-15(11)18(25)22-17(23-19)10-6-12(20)16(26-3)13(21)7-10/h6-7,9,17,23H,4-5,8H2,1-3H3,(H,22,25)/t17-/m0/s1. The number of rotatable bonds is 3. The van der Waals surface area contributed by atoms with E-state index in [9.17, 15) is 4.79 Å². The first-order chi connectivity index (χ1) is 12.9. The monoisotopic (exact) mass is 513 g/mol. The molecule has 1 atom stereocenters. The Hall–Kier alpha value is -1.09. The van der Waals surface area contributed by atoms with Gasteiger partial charge >= 0.3 is 0 Å². The largest absolute Gasteiger partial charge is 0.494 e. The van der Waals surface area contributed by atoms with E-state index in [1.807, 2.05) is 12.1 Å². The second kappa shape index (κ2) is 7.39. The van der Waals surface area contributed by atoms with Crippen molar-refractivity contribution >= 4 is 54.1 Å². The normalized spacial score (nSPS) is 19.3. The quantitative estimate of drug-likeness (QED) is 0.611. The maximum atomic E-state index is 12.9. The molecule has 3 heterocycles. The summed E-state index contributed by atoms with van der Waals surface area (Å²) in [5, 5.41) is 7.61. The summed E-state index contributed by atoms with van der Waals surface area (Å²) in [5.74, 6) is 0.745. The highest BCUT2D eigenvalue weighted by atomic mass is 79.9. The Morgan fingerprint density at radius 3 is 2.59 bits per heavy atom. The number of carbonyl (C=O) groups excluding carboxylic acids is 1. The number of hydrogen-bond acceptors (Lipinski definition) is 5. The van der Waals surface area contributed by atoms with Crippen LogP contribution < -0.4 is 15.4 Å². The fourth-order valence-corrected chi connectivity index (χ4v) is 6.53. The van der Waals surface area contributed by atoms with E-state index in [1.54, 1.807) is 18.4 Å². The van der Waals surface area contributed by atoms with Crippen molar-refractivity contribution < 1.29 is 9.53 Å². The third-order valence-corrected chi connectivity index (χ3v) is 7.48. The van der Waals surface area contributed by atoms with Crippen molar-refractivity contribution in [2.75, 3.05) is 19.0 Å². The average Bonchev–Trinajstić information content (AvgIpc) is 2.99. The molecule has 5 nitrogen and oxygen atoms in total. The highest BCUT2D eigenvalue weighted by Gasteiger charge is 2.34. The molecule has 0 spiro atoms. The number of thiophene rings is 1. The first-order valence-corrected chi connectivity index (χ1v) is 11.3. The van der Waals surface area contributed by atoms with Crippen LogP contribution in [-0.2, 0) is 13.0 Å². The Bertz CT molecular complexity index is 890. The Balaban J connectivity index is 1.66. The maximum absolute atomic E-state index is 12.9. The highest BCUT2D eigenvalue weighted by Crippen LogP contribution is 2.42. The van der Waals surface area contributed by atoms with E-state index in [2.05, 4.69) is 61.2 Å². The second-order valence-corrected chi connectivity index (χ2v) is 9.90. The molecule has 8 heteroatoms. The number of halogens is 2. The molecule has 0 saturated heterocycles. The van der Waals surface area contributed by atoms with Gasteiger partial charge in [-0.15, -0.1) is 11.3 Å². The summed E-state index contributed by atoms with van der Waals surface area (Å²) < 4.78 is 7.06. The molecular formula is C19H21Br2N3O2S. The molecule has 0 radical (unpaired) electrons. The molecule has 27 heavy (non-hydrogen) atoms. The molecular weight excluding hydrogens is 494 g/mol. The van der Waals surface area contributed by atoms with Crippen molar-refractivity contribution in [2.24, 2.45) is 0 Å². The van der Waals surface area contributed by atoms with Gasteiger partial charge in [0.05, 0.1) is 21.6 Å². The van der Waals surface area contributed by atoms with Gasteiger partial charge in [0.25, 0.3) is 5.91 Å². The number of ether oxygens (including phenoxy) is 1. The summed E-state index contributed by atoms with van der Waals surface area (Å²) in [6.07, 6.45) is 0.656. The Morgan fingerprint density at radius 2 is 1.96 bits per heavy atom. The zero-order chi connectivity index (χ0) is 19.3. The lowest BCUT2D eigenvalue weighted by Gasteiger charge is -2.31. The van der Waals surface area contributed by atoms with Gasteiger partial charge in [0.2, 0.25) is 0 Å². The number of nitrogens with one attached hydrogen (secondary N) is 2. The number of hydrogen-bond donors (Lipinski definition) is 2. The number of carbonyl (C=O) groups is 1. The van der Waals surface area contributed by atoms with Crippen LogP contribution in [0.25, 0.3) is 0 Å². The molecule has 1 amide bonds. The van der Waals surface area contributed by atoms with Gasteiger partial charge in [-0.25, -0.2) is 0 Å². The van der Waals surface area contributed by atoms with Crippen molar-refractivity contribution in [3.8, 4) is 5.75 Å². The predicted octanol–water partition coefficient (Wildman–Crippen LogP) is 4.90. The summed E-state index contributed by atoms with van der Waals surface area (Å²) in [6, 6.07) is 4.46. The molecule has 0 saturated carbocycles. The van der Waals surface area contributed by atoms with Gasteiger partial charge in [-0.05, 0) is 75.4 Å². The topological polar surface area (TPSA) is 53.6 Å². The Labute approximate surface area is 179 Å². The molecule has 0 aliphatic carbocycles. The van der Waals surface area contributed by atoms with E-state index < -0.39 is 0 Å². The number of fused-ring (bicyclic) bond motifs is 3. The zero-order valence-corrected chi connectivity index (χ0v) is 19.3. The fourth-order valence-electron chi connectivity index (χ4n) is 3.68. The van der Waals surface area contributed by atoms with Gasteiger partial charge in [-0.3, -0.25) is 9.69 Å². The summed E-state index contributed by atoms with van der Waals surface area (Å²) in [6.45, 7) is 6.37. The lowest BCUT2D eigenvalue weighted by atomic mass is 9.99. The van der Waals surface area contributed by atoms with Crippen molar-refractivity contribution in [3.63, 3.8) is 0 Å². The van der Waals surface area contributed by atoms with Crippen LogP contribution in [0, 0.1) is 0 Å². The lowest BCUT2D eigenvalue weighted by Crippen LogP contribution is -2.39. The molecule has 0 fully saturated rings. The van der Waals surface area contributed by atoms with E-state index in [-0.39, 0.29) is 12.1 Å². The highest BCUT2D eigenvalue weighted by molar-refractivity contribution is 9.11. The van der Waals surface area contributed by atoms with Gasteiger partial charge in [-0.2, -0.15) is 0 Å². The average molecular weight is 515 g/mol. The SMILES string of the molecule is COc1c(Br)cc([C@H]2NC(=O)c3c(sc4c3CCN(C(C)C)C4)N2)cc1Br. The van der Waals surface area contributed by atoms with Crippen LogP contribution in [0.2, 0.25) is 0 Å². The molecule has 0 unspecified atom stereocenters. The van der Waals surface area contributed by atoms with Gasteiger partial charge in [0, 0.05) is 24.0 Å². The minimum Gasteiger partial charge on any atom is -0.494 e. The van der Waals surface area contributed by atoms with Crippen LogP contribution in [0.3, 0.4) is 0 Å². The van der Waals surface area contributed by atoms with E-state index in [1.165, 1.54) is 10.4 Å². The number of benzene rings is 1. The Kier molecular flexibility index (Phi) is 5.26. The first-order valence-electron chi connectivity index (χ1n) is 8.88. The number of methoxy groups -OCH3 is 1. The van der Waals surface area contributed by atoms with Crippen LogP contribution in [0.15, 0.2) is 21.1 Å². The molecule has 144 valence electrons. The molecule has 2 aliphatic heterocycles. The van der Waals surface area contributed by atoms with Crippen molar-refractivity contribution in [1.82, 2.24) is 10.2 Å². The first kappa shape index (κ1) is 19.2. The summed E-state index contributed by atoms with van der Waals surface area (Å²) in [4.78, 5) is 16.7. The van der Waals surface area contributed by atoms with Crippen LogP contribution in [-0.4, -0.2) is 30.5 Å². The lowest BCUT2D eigenvalue weighted by molar-refractivity contribution is 0.0934.